The number of para-hydroxylation sites is 1. The van der Waals surface area contributed by atoms with E-state index in [1.54, 1.807) is 60.4 Å². The number of nitrogens with zero attached hydrogens (tertiary/aromatic N) is 2. The number of rotatable bonds is 11. The van der Waals surface area contributed by atoms with E-state index in [1.165, 1.54) is 0 Å². The third kappa shape index (κ3) is 11.4. The fourth-order valence-electron chi connectivity index (χ4n) is 8.79. The summed E-state index contributed by atoms with van der Waals surface area (Å²) in [7, 11) is 0. The van der Waals surface area contributed by atoms with E-state index in [-0.39, 0.29) is 42.5 Å². The Hall–Kier alpha value is -6.98. The van der Waals surface area contributed by atoms with Gasteiger partial charge in [-0.05, 0) is 104 Å². The molecule has 9 rings (SSSR count). The summed E-state index contributed by atoms with van der Waals surface area (Å²) in [4.78, 5) is 40.6. The number of aliphatic hydroxyl groups excluding tert-OH is 3. The Morgan fingerprint density at radius 1 is 0.735 bits per heavy atom. The number of carbonyl (C=O) groups excluding carboxylic acids is 2. The lowest BCUT2D eigenvalue weighted by atomic mass is 9.92. The number of esters is 1. The van der Waals surface area contributed by atoms with Crippen molar-refractivity contribution in [1.82, 2.24) is 20.4 Å². The van der Waals surface area contributed by atoms with E-state index >= 15 is 0 Å². The predicted octanol–water partition coefficient (Wildman–Crippen LogP) is 4.94. The molecule has 1 amide bonds. The number of benzene rings is 5. The summed E-state index contributed by atoms with van der Waals surface area (Å²) in [5.74, 6) is 11.3. The second-order valence-electron chi connectivity index (χ2n) is 17.2. The number of phenolic OH excluding ortho intramolecular Hbond substituents is 2. The van der Waals surface area contributed by atoms with Crippen LogP contribution in [0.5, 0.6) is 11.5 Å². The number of H-pyrrole nitrogens is 1. The number of amides is 1. The van der Waals surface area contributed by atoms with Gasteiger partial charge in [0.1, 0.15) is 35.8 Å². The second kappa shape index (κ2) is 21.8. The number of hydroxylamine groups is 4. The van der Waals surface area contributed by atoms with E-state index in [1.807, 2.05) is 91.1 Å². The summed E-state index contributed by atoms with van der Waals surface area (Å²) in [6.45, 7) is 4.38. The third-order valence-electron chi connectivity index (χ3n) is 12.2. The van der Waals surface area contributed by atoms with Crippen LogP contribution in [0.15, 0.2) is 128 Å². The smallest absolute Gasteiger partial charge is 0.326 e. The topological polar surface area (TPSA) is 197 Å². The number of aromatic nitrogens is 1. The minimum absolute atomic E-state index is 0.153. The maximum absolute atomic E-state index is 13.4. The first-order valence-electron chi connectivity index (χ1n) is 22.6. The molecule has 0 unspecified atom stereocenters. The van der Waals surface area contributed by atoms with Gasteiger partial charge in [0.2, 0.25) is 5.91 Å². The van der Waals surface area contributed by atoms with Crippen LogP contribution in [0.4, 0.5) is 0 Å². The van der Waals surface area contributed by atoms with E-state index < -0.39 is 42.4 Å². The fraction of sp³-hybridized carbons (Fsp3) is 0.296. The van der Waals surface area contributed by atoms with Crippen LogP contribution in [-0.4, -0.2) is 109 Å². The Balaban J connectivity index is 0.000000196. The molecule has 0 radical (unpaired) electrons. The maximum atomic E-state index is 13.4. The molecule has 14 nitrogen and oxygen atoms in total. The van der Waals surface area contributed by atoms with Crippen LogP contribution >= 0.6 is 0 Å². The van der Waals surface area contributed by atoms with Crippen LogP contribution in [0.3, 0.4) is 0 Å². The number of ether oxygens (including phenoxy) is 1. The molecule has 0 bridgehead atoms. The normalized spacial score (nSPS) is 21.9. The van der Waals surface area contributed by atoms with Crippen molar-refractivity contribution in [3.63, 3.8) is 0 Å². The van der Waals surface area contributed by atoms with Crippen molar-refractivity contribution in [1.29, 1.82) is 0 Å². The second-order valence-corrected chi connectivity index (χ2v) is 17.2. The Bertz CT molecular complexity index is 2820. The zero-order valence-corrected chi connectivity index (χ0v) is 37.7. The van der Waals surface area contributed by atoms with Gasteiger partial charge < -0.3 is 40.6 Å². The molecule has 5 aromatic carbocycles. The van der Waals surface area contributed by atoms with Crippen LogP contribution in [0, 0.1) is 35.5 Å². The largest absolute Gasteiger partial charge is 0.508 e. The van der Waals surface area contributed by atoms with Gasteiger partial charge in [0.15, 0.2) is 0 Å². The molecular weight excluding hydrogens is 865 g/mol. The Labute approximate surface area is 394 Å². The van der Waals surface area contributed by atoms with Crippen molar-refractivity contribution in [2.45, 2.75) is 69.9 Å². The predicted molar refractivity (Wildman–Crippen MR) is 253 cm³/mol. The molecule has 3 saturated heterocycles. The molecule has 8 atom stereocenters. The highest BCUT2D eigenvalue weighted by molar-refractivity contribution is 5.84. The molecule has 3 fully saturated rings. The van der Waals surface area contributed by atoms with E-state index in [0.29, 0.717) is 31.6 Å². The van der Waals surface area contributed by atoms with Gasteiger partial charge in [0.25, 0.3) is 0 Å². The van der Waals surface area contributed by atoms with Gasteiger partial charge in [-0.25, -0.2) is 0 Å². The zero-order valence-electron chi connectivity index (χ0n) is 37.7. The molecule has 14 heteroatoms. The number of aromatic hydroxyl groups is 2. The molecule has 350 valence electrons. The first-order valence-corrected chi connectivity index (χ1v) is 22.6. The highest BCUT2D eigenvalue weighted by atomic mass is 16.7. The lowest BCUT2D eigenvalue weighted by molar-refractivity contribution is -0.202. The molecule has 3 aliphatic heterocycles. The van der Waals surface area contributed by atoms with Gasteiger partial charge in [-0.3, -0.25) is 19.3 Å². The van der Waals surface area contributed by atoms with Crippen LogP contribution in [0.2, 0.25) is 0 Å². The van der Waals surface area contributed by atoms with E-state index in [0.717, 1.165) is 44.3 Å². The molecule has 7 N–H and O–H groups in total. The van der Waals surface area contributed by atoms with Crippen LogP contribution in [0.1, 0.15) is 52.8 Å². The van der Waals surface area contributed by atoms with Gasteiger partial charge in [-0.2, -0.15) is 10.1 Å². The zero-order chi connectivity index (χ0) is 47.7. The fourth-order valence-corrected chi connectivity index (χ4v) is 8.79. The molecule has 0 aliphatic carbocycles. The Morgan fingerprint density at radius 2 is 1.29 bits per heavy atom. The highest BCUT2D eigenvalue weighted by Gasteiger charge is 2.54. The summed E-state index contributed by atoms with van der Waals surface area (Å²) in [5.41, 5.74) is 7.12. The lowest BCUT2D eigenvalue weighted by Gasteiger charge is -2.24. The number of aliphatic hydroxyl groups is 3. The van der Waals surface area contributed by atoms with Crippen LogP contribution in [-0.2, 0) is 43.5 Å². The SMILES string of the molecule is C[C@H](O)[C@@H]1ON(Cc2ccc(C#Cc3cccc(O)c3)cc2)[C@@H]2C(=O)OC[C@H]12.C[C@H](O)[C@@H]1ON(Cc2ccc(C#Cc3cccc(O)c3)cc2)[C@H](C(=O)NCCc2c[nH]c3ccccc23)[C@@H]1CO. The van der Waals surface area contributed by atoms with E-state index in [9.17, 15) is 35.1 Å². The number of nitrogens with one attached hydrogen (secondary N) is 2. The van der Waals surface area contributed by atoms with Gasteiger partial charge in [0.05, 0.1) is 44.4 Å². The summed E-state index contributed by atoms with van der Waals surface area (Å²) < 4.78 is 5.16. The van der Waals surface area contributed by atoms with Crippen LogP contribution in [0.25, 0.3) is 10.9 Å². The number of carbonyl (C=O) groups is 2. The van der Waals surface area contributed by atoms with Gasteiger partial charge in [-0.15, -0.1) is 0 Å². The minimum atomic E-state index is -0.862. The lowest BCUT2D eigenvalue weighted by Crippen LogP contribution is -2.48. The molecule has 0 spiro atoms. The quantitative estimate of drug-likeness (QED) is 0.0685. The number of aromatic amines is 1. The number of phenols is 2. The number of hydrogen-bond donors (Lipinski definition) is 7. The Morgan fingerprint density at radius 3 is 1.87 bits per heavy atom. The molecule has 3 aliphatic rings. The molecule has 68 heavy (non-hydrogen) atoms. The molecule has 4 heterocycles. The summed E-state index contributed by atoms with van der Waals surface area (Å²) >= 11 is 0. The summed E-state index contributed by atoms with van der Waals surface area (Å²) in [6.07, 6.45) is -0.0797. The molecular formula is C54H54N4O10. The first kappa shape index (κ1) is 47.5. The standard InChI is InChI=1S/C32H33N3O5.C22H21NO5/c1-21(37)31-28(20-36)30(32(39)33-16-15-25-18-34-29-8-3-2-7-27(25)29)35(40-31)19-24-13-10-22(11-14-24)9-12-23-5-4-6-26(38)17-23;1-14(24)21-19-13-27-22(26)20(19)23(28-21)12-17-9-6-15(7-10-17)5-8-16-3-2-4-18(25)11-16/h2-8,10-11,13-14,17-18,21,28,30-31,34,36-38H,15-16,19-20H2,1H3,(H,33,39);2-4,6-7,9-11,14,19-21,24-25H,12-13H2,1H3/t21-,28-,30-,31-;14-,19-,20-,21-/m00/s1. The molecule has 0 saturated carbocycles. The van der Waals surface area contributed by atoms with Crippen molar-refractivity contribution < 1.29 is 49.5 Å². The van der Waals surface area contributed by atoms with Crippen molar-refractivity contribution in [2.24, 2.45) is 11.8 Å². The molecule has 6 aromatic rings. The molecule has 1 aromatic heterocycles. The third-order valence-corrected chi connectivity index (χ3v) is 12.2. The van der Waals surface area contributed by atoms with E-state index in [2.05, 4.69) is 34.0 Å². The number of cyclic esters (lactones) is 1. The summed E-state index contributed by atoms with van der Waals surface area (Å²) in [5, 5.41) is 56.8. The summed E-state index contributed by atoms with van der Waals surface area (Å²) in [6, 6.07) is 35.6. The van der Waals surface area contributed by atoms with Gasteiger partial charge in [0, 0.05) is 51.8 Å². The van der Waals surface area contributed by atoms with Crippen molar-refractivity contribution in [3.05, 3.63) is 166 Å². The number of hydrogen-bond acceptors (Lipinski definition) is 12. The van der Waals surface area contributed by atoms with E-state index in [4.69, 9.17) is 14.4 Å². The number of fused-ring (bicyclic) bond motifs is 2. The highest BCUT2D eigenvalue weighted by Crippen LogP contribution is 2.36. The van der Waals surface area contributed by atoms with Gasteiger partial charge >= 0.3 is 5.97 Å². The average molecular weight is 919 g/mol. The van der Waals surface area contributed by atoms with Crippen molar-refractivity contribution in [2.75, 3.05) is 19.8 Å². The van der Waals surface area contributed by atoms with Crippen LogP contribution < -0.4 is 5.32 Å². The Kier molecular flexibility index (Phi) is 15.2. The first-order chi connectivity index (χ1) is 32.9. The van der Waals surface area contributed by atoms with Crippen molar-refractivity contribution in [3.8, 4) is 35.2 Å². The minimum Gasteiger partial charge on any atom is -0.508 e. The maximum Gasteiger partial charge on any atom is 0.326 e. The van der Waals surface area contributed by atoms with Crippen molar-refractivity contribution >= 4 is 22.8 Å². The average Bonchev–Trinajstić information content (AvgIpc) is 4.12. The monoisotopic (exact) mass is 918 g/mol. The van der Waals surface area contributed by atoms with Gasteiger partial charge in [-0.1, -0.05) is 78.3 Å².